The molecule has 0 radical (unpaired) electrons. The Labute approximate surface area is 669 Å². The zero-order chi connectivity index (χ0) is 87.1. The van der Waals surface area contributed by atoms with Crippen LogP contribution >= 0.6 is 0 Å². The second kappa shape index (κ2) is 42.7. The lowest BCUT2D eigenvalue weighted by molar-refractivity contribution is -0.403. The molecule has 0 spiro atoms. The third-order valence-corrected chi connectivity index (χ3v) is 21.1. The average Bonchev–Trinajstić information content (AvgIpc) is 0.761. The van der Waals surface area contributed by atoms with Crippen LogP contribution < -0.4 is 31.9 Å². The van der Waals surface area contributed by atoms with Gasteiger partial charge in [0.25, 0.3) is 0 Å². The Morgan fingerprint density at radius 1 is 0.220 bits per heavy atom. The zero-order valence-corrected chi connectivity index (χ0v) is 64.0. The molecule has 0 aromatic rings. The zero-order valence-electron chi connectivity index (χ0n) is 64.0. The quantitative estimate of drug-likeness (QED) is 0.0306. The van der Waals surface area contributed by atoms with Gasteiger partial charge in [-0.25, -0.2) is 0 Å². The molecule has 9 aliphatic heterocycles. The molecule has 0 aliphatic carbocycles. The van der Waals surface area contributed by atoms with Crippen LogP contribution in [0.2, 0.25) is 0 Å². The first-order valence-electron chi connectivity index (χ1n) is 37.6. The molecule has 9 fully saturated rings. The Morgan fingerprint density at radius 3 is 0.847 bits per heavy atom. The highest BCUT2D eigenvalue weighted by Gasteiger charge is 2.61. The molecule has 9 aliphatic rings. The summed E-state index contributed by atoms with van der Waals surface area (Å²) in [7, 11) is 0. The van der Waals surface area contributed by atoms with E-state index in [9.17, 15) is 146 Å². The highest BCUT2D eigenvalue weighted by Crippen LogP contribution is 2.40. The van der Waals surface area contributed by atoms with E-state index in [4.69, 9.17) is 80.5 Å². The summed E-state index contributed by atoms with van der Waals surface area (Å²) < 4.78 is 103. The first-order valence-corrected chi connectivity index (χ1v) is 37.6. The monoisotopic (exact) mass is 1720 g/mol. The molecule has 0 aromatic heterocycles. The smallest absolute Gasteiger partial charge is 0.217 e. The summed E-state index contributed by atoms with van der Waals surface area (Å²) in [4.78, 5) is 75.9. The van der Waals surface area contributed by atoms with E-state index in [2.05, 4.69) is 31.9 Å². The van der Waals surface area contributed by atoms with Gasteiger partial charge in [-0.05, 0) is 0 Å². The van der Waals surface area contributed by atoms with Crippen molar-refractivity contribution in [3.63, 3.8) is 0 Å². The maximum atomic E-state index is 13.1. The minimum atomic E-state index is -2.65. The topological polar surface area (TPSA) is 797 Å². The van der Waals surface area contributed by atoms with Crippen LogP contribution in [0.5, 0.6) is 0 Å². The molecule has 45 atom stereocenters. The number of hydrogen-bond donors (Lipinski definition) is 29. The number of carbonyl (C=O) groups is 6. The number of amides is 6. The number of rotatable bonds is 31. The van der Waals surface area contributed by atoms with Crippen LogP contribution in [-0.4, -0.2) is 488 Å². The van der Waals surface area contributed by atoms with Crippen molar-refractivity contribution in [1.29, 1.82) is 0 Å². The molecule has 0 saturated carbocycles. The van der Waals surface area contributed by atoms with E-state index in [0.29, 0.717) is 0 Å². The predicted octanol–water partition coefficient (Wildman–Crippen LogP) is -19.8. The maximum Gasteiger partial charge on any atom is 0.217 e. The molecular formula is C66H110N6O46. The van der Waals surface area contributed by atoms with E-state index < -0.39 is 371 Å². The number of aliphatic hydroxyl groups excluding tert-OH is 23. The van der Waals surface area contributed by atoms with E-state index in [1.807, 2.05) is 0 Å². The highest BCUT2D eigenvalue weighted by atomic mass is 16.8. The van der Waals surface area contributed by atoms with Crippen LogP contribution in [0, 0.1) is 0 Å². The fourth-order valence-electron chi connectivity index (χ4n) is 15.2. The third-order valence-electron chi connectivity index (χ3n) is 21.1. The number of aliphatic hydroxyl groups is 23. The molecule has 6 amide bonds. The molecule has 52 nitrogen and oxygen atoms in total. The van der Waals surface area contributed by atoms with Crippen molar-refractivity contribution in [2.45, 2.75) is 318 Å². The van der Waals surface area contributed by atoms with E-state index in [-0.39, 0.29) is 0 Å². The molecule has 9 heterocycles. The van der Waals surface area contributed by atoms with Crippen molar-refractivity contribution < 1.29 is 227 Å². The molecule has 9 saturated heterocycles. The summed E-state index contributed by atoms with van der Waals surface area (Å²) in [5, 5.41) is 274. The SMILES string of the molecule is CC(=O)N[C@H]1[C@H](O[C@H]2[C@H](O)[C@@H](NC(C)=O)C(O)O[C@@H]2CO)O[C@H](CO)[C@@H](O[C@@H]2O[C@H](CO[C@H]3O[C@H](COC4O[C@H](CO)[C@@H](O)[C@H](O)[C@H]4NC(C)=O)[C@@H](O)[C@H](O)[C@@H]3OC3O[C@H](CO)[C@@H](O)[C@H](O)[C@H]3NC(C)=O)[C@@H](O)[C@H](O[C@H]3O[C@H](CO)[C@@H](OC4O[C@H](CO)[C@@H](O)[C@H](O)[C@H]4NC(C)=O)[C@H](O)[C@@H]3OC3O[C@H](CO)[C@@H](O)[C@H](O)[C@H]3NC(C)=O)[C@@H]2O)[C@@H]1O. The van der Waals surface area contributed by atoms with E-state index in [1.54, 1.807) is 0 Å². The molecule has 52 heteroatoms. The van der Waals surface area contributed by atoms with Crippen LogP contribution in [0.15, 0.2) is 0 Å². The highest BCUT2D eigenvalue weighted by molar-refractivity contribution is 5.75. The fraction of sp³-hybridized carbons (Fsp3) is 0.909. The summed E-state index contributed by atoms with van der Waals surface area (Å²) in [6.45, 7) is -4.10. The van der Waals surface area contributed by atoms with Crippen LogP contribution in [0.1, 0.15) is 41.5 Å². The minimum absolute atomic E-state index is 0.801. The Bertz CT molecular complexity index is 3230. The van der Waals surface area contributed by atoms with Gasteiger partial charge in [0.05, 0.1) is 59.5 Å². The maximum absolute atomic E-state index is 13.1. The second-order valence-corrected chi connectivity index (χ2v) is 29.7. The van der Waals surface area contributed by atoms with Crippen LogP contribution in [-0.2, 0) is 109 Å². The summed E-state index contributed by atoms with van der Waals surface area (Å²) in [6, 6.07) is -10.8. The van der Waals surface area contributed by atoms with Gasteiger partial charge in [-0.3, -0.25) is 28.8 Å². The average molecular weight is 1720 g/mol. The lowest BCUT2D eigenvalue weighted by Gasteiger charge is -2.51. The lowest BCUT2D eigenvalue weighted by Crippen LogP contribution is -2.71. The largest absolute Gasteiger partial charge is 0.394 e. The molecule has 9 rings (SSSR count). The standard InChI is InChI=1S/C66H110N6O46/c1-16(80)67-31-47(96)52(26(11-77)104-58(31)101)113-63-36(72-21(6)85)48(97)53(27(12-78)109-63)115-64-51(100)55(116-66-57(118-62-35(71-20(5)84)46(95)40(89)25(10-76)108-62)50(99)54(28(13-79)110-66)114-60-33(69-18(3)82)44(93)38(87)23(8-74)106-60)42(91)30(111-64)15-103-65-56(117-61-34(70-19(4)83)45(94)39(88)24(9-75)107-61)49(98)41(90)29(112-65)14-102-59-32(68-17(2)81)43(92)37(86)22(7-73)105-59/h22-66,73-79,86-101H,7-15H2,1-6H3,(H,67,80)(H,68,81)(H,69,82)(H,70,83)(H,71,84)(H,72,85)/t22-,23-,24-,25-,26-,27-,28-,29-,30-,31-,32-,33-,34-,35-,36-,37-,38-,39-,40-,41-,42-,43-,44-,45-,46-,47-,48-,49+,50+,51+,52-,53-,54-,55+,56+,57+,58?,59?,60?,61?,62?,63+,64+,65+,66-/m1/s1. The van der Waals surface area contributed by atoms with Crippen LogP contribution in [0.25, 0.3) is 0 Å². The normalized spacial score (nSPS) is 46.9. The Morgan fingerprint density at radius 2 is 0.466 bits per heavy atom. The molecule has 29 N–H and O–H groups in total. The van der Waals surface area contributed by atoms with Gasteiger partial charge in [0.15, 0.2) is 56.6 Å². The van der Waals surface area contributed by atoms with Crippen molar-refractivity contribution in [2.24, 2.45) is 0 Å². The molecule has 118 heavy (non-hydrogen) atoms. The van der Waals surface area contributed by atoms with Gasteiger partial charge in [0, 0.05) is 41.5 Å². The summed E-state index contributed by atoms with van der Waals surface area (Å²) in [6.07, 6.45) is -82.3. The summed E-state index contributed by atoms with van der Waals surface area (Å²) >= 11 is 0. The number of carbonyl (C=O) groups excluding carboxylic acids is 6. The van der Waals surface area contributed by atoms with Crippen LogP contribution in [0.4, 0.5) is 0 Å². The van der Waals surface area contributed by atoms with Crippen molar-refractivity contribution in [1.82, 2.24) is 31.9 Å². The number of hydrogen-bond acceptors (Lipinski definition) is 46. The van der Waals surface area contributed by atoms with Gasteiger partial charge in [0.1, 0.15) is 219 Å². The van der Waals surface area contributed by atoms with Crippen LogP contribution in [0.3, 0.4) is 0 Å². The van der Waals surface area contributed by atoms with Gasteiger partial charge in [0.2, 0.25) is 35.4 Å². The molecular weight excluding hydrogens is 1610 g/mol. The molecule has 0 aromatic carbocycles. The predicted molar refractivity (Wildman–Crippen MR) is 367 cm³/mol. The first kappa shape index (κ1) is 97.0. The Kier molecular flexibility index (Phi) is 35.1. The minimum Gasteiger partial charge on any atom is -0.394 e. The molecule has 680 valence electrons. The first-order chi connectivity index (χ1) is 55.8. The Balaban J connectivity index is 1.13. The van der Waals surface area contributed by atoms with E-state index in [0.717, 1.165) is 41.5 Å². The van der Waals surface area contributed by atoms with E-state index in [1.165, 1.54) is 0 Å². The van der Waals surface area contributed by atoms with Gasteiger partial charge in [-0.15, -0.1) is 0 Å². The fourth-order valence-corrected chi connectivity index (χ4v) is 15.2. The van der Waals surface area contributed by atoms with Gasteiger partial charge < -0.3 is 230 Å². The Hall–Kier alpha value is -4.78. The van der Waals surface area contributed by atoms with Crippen molar-refractivity contribution in [3.8, 4) is 0 Å². The lowest BCUT2D eigenvalue weighted by atomic mass is 9.93. The van der Waals surface area contributed by atoms with Gasteiger partial charge in [-0.1, -0.05) is 0 Å². The third kappa shape index (κ3) is 22.1. The van der Waals surface area contributed by atoms with Crippen molar-refractivity contribution in [2.75, 3.05) is 59.5 Å². The second-order valence-electron chi connectivity index (χ2n) is 29.7. The van der Waals surface area contributed by atoms with Gasteiger partial charge in [-0.2, -0.15) is 0 Å². The number of nitrogens with one attached hydrogen (secondary N) is 6. The molecule has 5 unspecified atom stereocenters. The van der Waals surface area contributed by atoms with E-state index >= 15 is 0 Å². The number of ether oxygens (including phenoxy) is 17. The summed E-state index contributed by atoms with van der Waals surface area (Å²) in [5.41, 5.74) is 0. The van der Waals surface area contributed by atoms with Crippen molar-refractivity contribution in [3.05, 3.63) is 0 Å². The van der Waals surface area contributed by atoms with Crippen molar-refractivity contribution >= 4 is 35.4 Å². The summed E-state index contributed by atoms with van der Waals surface area (Å²) in [5.74, 6) is -5.29. The molecule has 0 bridgehead atoms. The van der Waals surface area contributed by atoms with Gasteiger partial charge >= 0.3 is 0 Å².